The number of hydrogen-bond donors (Lipinski definition) is 0. The molecule has 0 saturated heterocycles. The second kappa shape index (κ2) is 5.62. The van der Waals surface area contributed by atoms with Crippen molar-refractivity contribution in [1.29, 1.82) is 5.26 Å². The van der Waals surface area contributed by atoms with Gasteiger partial charge in [0.25, 0.3) is 0 Å². The third-order valence-electron chi connectivity index (χ3n) is 2.13. The van der Waals surface area contributed by atoms with Crippen molar-refractivity contribution >= 4 is 39.1 Å². The van der Waals surface area contributed by atoms with Crippen molar-refractivity contribution in [3.63, 3.8) is 0 Å². The van der Waals surface area contributed by atoms with E-state index < -0.39 is 0 Å². The van der Waals surface area contributed by atoms with Crippen LogP contribution in [0, 0.1) is 11.3 Å². The van der Waals surface area contributed by atoms with Crippen molar-refractivity contribution in [2.45, 2.75) is 0 Å². The van der Waals surface area contributed by atoms with E-state index in [1.54, 1.807) is 36.4 Å². The van der Waals surface area contributed by atoms with Gasteiger partial charge in [-0.15, -0.1) is 0 Å². The molecule has 0 radical (unpaired) electrons. The molecule has 2 aromatic rings. The molecule has 2 aromatic carbocycles. The van der Waals surface area contributed by atoms with Crippen LogP contribution in [0.25, 0.3) is 0 Å². The van der Waals surface area contributed by atoms with Crippen LogP contribution in [0.3, 0.4) is 0 Å². The monoisotopic (exact) mass is 341 g/mol. The van der Waals surface area contributed by atoms with Gasteiger partial charge in [0.2, 0.25) is 0 Å². The maximum Gasteiger partial charge on any atom is 0.146 e. The SMILES string of the molecule is N#Cc1ccc(Br)cc1Oc1cc(Cl)cc(Cl)c1. The molecule has 0 unspecified atom stereocenters. The lowest BCUT2D eigenvalue weighted by Gasteiger charge is -2.08. The van der Waals surface area contributed by atoms with Crippen LogP contribution >= 0.6 is 39.1 Å². The van der Waals surface area contributed by atoms with Crippen LogP contribution in [0.15, 0.2) is 40.9 Å². The van der Waals surface area contributed by atoms with Crippen molar-refractivity contribution in [3.8, 4) is 17.6 Å². The van der Waals surface area contributed by atoms with Gasteiger partial charge in [0, 0.05) is 14.5 Å². The summed E-state index contributed by atoms with van der Waals surface area (Å²) in [5.41, 5.74) is 0.439. The minimum Gasteiger partial charge on any atom is -0.456 e. The molecule has 18 heavy (non-hydrogen) atoms. The molecule has 0 fully saturated rings. The minimum atomic E-state index is 0.439. The lowest BCUT2D eigenvalue weighted by molar-refractivity contribution is 0.481. The van der Waals surface area contributed by atoms with E-state index in [4.69, 9.17) is 33.2 Å². The van der Waals surface area contributed by atoms with Crippen molar-refractivity contribution in [2.24, 2.45) is 0 Å². The van der Waals surface area contributed by atoms with Crippen LogP contribution in [0.5, 0.6) is 11.5 Å². The maximum atomic E-state index is 9.00. The predicted octanol–water partition coefficient (Wildman–Crippen LogP) is 5.42. The summed E-state index contributed by atoms with van der Waals surface area (Å²) in [5.74, 6) is 0.937. The van der Waals surface area contributed by atoms with Crippen molar-refractivity contribution in [3.05, 3.63) is 56.5 Å². The van der Waals surface area contributed by atoms with Gasteiger partial charge in [0.15, 0.2) is 0 Å². The molecule has 0 heterocycles. The maximum absolute atomic E-state index is 9.00. The summed E-state index contributed by atoms with van der Waals surface area (Å²) in [6.07, 6.45) is 0. The largest absolute Gasteiger partial charge is 0.456 e. The number of halogens is 3. The van der Waals surface area contributed by atoms with E-state index >= 15 is 0 Å². The van der Waals surface area contributed by atoms with Gasteiger partial charge < -0.3 is 4.74 Å². The first-order valence-electron chi connectivity index (χ1n) is 4.92. The van der Waals surface area contributed by atoms with Gasteiger partial charge in [-0.05, 0) is 36.4 Å². The van der Waals surface area contributed by atoms with Gasteiger partial charge in [-0.25, -0.2) is 0 Å². The highest BCUT2D eigenvalue weighted by molar-refractivity contribution is 9.10. The van der Waals surface area contributed by atoms with E-state index in [1.165, 1.54) is 0 Å². The van der Waals surface area contributed by atoms with E-state index in [1.807, 2.05) is 0 Å². The van der Waals surface area contributed by atoms with Gasteiger partial charge in [-0.1, -0.05) is 39.1 Å². The predicted molar refractivity (Wildman–Crippen MR) is 75.4 cm³/mol. The van der Waals surface area contributed by atoms with Gasteiger partial charge in [-0.2, -0.15) is 5.26 Å². The molecule has 0 N–H and O–H groups in total. The van der Waals surface area contributed by atoms with Crippen LogP contribution < -0.4 is 4.74 Å². The Kier molecular flexibility index (Phi) is 4.13. The fourth-order valence-electron chi connectivity index (χ4n) is 1.39. The first-order chi connectivity index (χ1) is 8.58. The number of ether oxygens (including phenoxy) is 1. The van der Waals surface area contributed by atoms with Crippen molar-refractivity contribution in [2.75, 3.05) is 0 Å². The molecule has 0 atom stereocenters. The van der Waals surface area contributed by atoms with Gasteiger partial charge in [0.05, 0.1) is 5.56 Å². The summed E-state index contributed by atoms with van der Waals surface area (Å²) < 4.78 is 6.45. The lowest BCUT2D eigenvalue weighted by Crippen LogP contribution is -1.88. The van der Waals surface area contributed by atoms with Gasteiger partial charge in [-0.3, -0.25) is 0 Å². The molecule has 0 aromatic heterocycles. The average molecular weight is 343 g/mol. The number of hydrogen-bond acceptors (Lipinski definition) is 2. The Balaban J connectivity index is 2.39. The van der Waals surface area contributed by atoms with Crippen molar-refractivity contribution in [1.82, 2.24) is 0 Å². The molecule has 0 spiro atoms. The van der Waals surface area contributed by atoms with Crippen LogP contribution in [0.2, 0.25) is 10.0 Å². The zero-order valence-electron chi connectivity index (χ0n) is 8.95. The molecule has 2 rings (SSSR count). The molecule has 90 valence electrons. The van der Waals surface area contributed by atoms with Crippen LogP contribution in [-0.2, 0) is 0 Å². The third-order valence-corrected chi connectivity index (χ3v) is 3.06. The quantitative estimate of drug-likeness (QED) is 0.730. The fraction of sp³-hybridized carbons (Fsp3) is 0. The zero-order valence-corrected chi connectivity index (χ0v) is 12.1. The highest BCUT2D eigenvalue weighted by atomic mass is 79.9. The second-order valence-electron chi connectivity index (χ2n) is 3.46. The van der Waals surface area contributed by atoms with E-state index in [-0.39, 0.29) is 0 Å². The highest BCUT2D eigenvalue weighted by Gasteiger charge is 2.07. The number of nitriles is 1. The van der Waals surface area contributed by atoms with Crippen LogP contribution in [0.1, 0.15) is 5.56 Å². The summed E-state index contributed by atoms with van der Waals surface area (Å²) in [7, 11) is 0. The first kappa shape index (κ1) is 13.2. The second-order valence-corrected chi connectivity index (χ2v) is 5.25. The molecule has 0 aliphatic carbocycles. The molecule has 0 bridgehead atoms. The molecule has 0 aliphatic rings. The Bertz CT molecular complexity index is 617. The molecule has 2 nitrogen and oxygen atoms in total. The first-order valence-corrected chi connectivity index (χ1v) is 6.47. The molecular weight excluding hydrogens is 337 g/mol. The lowest BCUT2D eigenvalue weighted by atomic mass is 10.2. The van der Waals surface area contributed by atoms with Crippen molar-refractivity contribution < 1.29 is 4.74 Å². The number of nitrogens with zero attached hydrogens (tertiary/aromatic N) is 1. The molecule has 0 amide bonds. The Morgan fingerprint density at radius 1 is 1.06 bits per heavy atom. The summed E-state index contributed by atoms with van der Waals surface area (Å²) in [6.45, 7) is 0. The van der Waals surface area contributed by atoms with E-state index in [9.17, 15) is 0 Å². The smallest absolute Gasteiger partial charge is 0.146 e. The van der Waals surface area contributed by atoms with Gasteiger partial charge in [0.1, 0.15) is 17.6 Å². The molecule has 5 heteroatoms. The summed E-state index contributed by atoms with van der Waals surface area (Å²) in [4.78, 5) is 0. The van der Waals surface area contributed by atoms with E-state index in [0.29, 0.717) is 27.1 Å². The molecule has 0 aliphatic heterocycles. The van der Waals surface area contributed by atoms with Crippen LogP contribution in [0.4, 0.5) is 0 Å². The number of benzene rings is 2. The Morgan fingerprint density at radius 3 is 2.33 bits per heavy atom. The standard InChI is InChI=1S/C13H6BrCl2NO/c14-9-2-1-8(7-17)13(3-9)18-12-5-10(15)4-11(16)6-12/h1-6H. The van der Waals surface area contributed by atoms with E-state index in [2.05, 4.69) is 22.0 Å². The van der Waals surface area contributed by atoms with Gasteiger partial charge >= 0.3 is 0 Å². The van der Waals surface area contributed by atoms with E-state index in [0.717, 1.165) is 4.47 Å². The molecule has 0 saturated carbocycles. The Morgan fingerprint density at radius 2 is 1.72 bits per heavy atom. The average Bonchev–Trinajstić information content (AvgIpc) is 2.27. The molecular formula is C13H6BrCl2NO. The Hall–Kier alpha value is -1.21. The topological polar surface area (TPSA) is 33.0 Å². The summed E-state index contributed by atoms with van der Waals surface area (Å²) >= 11 is 15.1. The zero-order chi connectivity index (χ0) is 13.1. The minimum absolute atomic E-state index is 0.439. The Labute approximate surface area is 123 Å². The summed E-state index contributed by atoms with van der Waals surface area (Å²) in [5, 5.41) is 9.95. The fourth-order valence-corrected chi connectivity index (χ4v) is 2.23. The highest BCUT2D eigenvalue weighted by Crippen LogP contribution is 2.31. The number of rotatable bonds is 2. The van der Waals surface area contributed by atoms with Crippen LogP contribution in [-0.4, -0.2) is 0 Å². The normalized spacial score (nSPS) is 9.89. The third kappa shape index (κ3) is 3.17. The summed E-state index contributed by atoms with van der Waals surface area (Å²) in [6, 6.07) is 12.1.